The van der Waals surface area contributed by atoms with Gasteiger partial charge in [-0.05, 0) is 25.8 Å². The summed E-state index contributed by atoms with van der Waals surface area (Å²) in [5.74, 6) is -3.79. The number of alkyl halides is 2. The summed E-state index contributed by atoms with van der Waals surface area (Å²) >= 11 is 5.79. The predicted octanol–water partition coefficient (Wildman–Crippen LogP) is 2.87. The lowest BCUT2D eigenvalue weighted by molar-refractivity contribution is -0.135. The van der Waals surface area contributed by atoms with E-state index in [1.165, 1.54) is 12.3 Å². The van der Waals surface area contributed by atoms with Crippen LogP contribution in [0.25, 0.3) is 0 Å². The highest BCUT2D eigenvalue weighted by molar-refractivity contribution is 6.29. The van der Waals surface area contributed by atoms with Crippen molar-refractivity contribution in [1.82, 2.24) is 4.98 Å². The standard InChI is InChI=1S/C14H17ClF2N2O3/c1-2-22-13(21)8-7-18-11(15)6-10(8)19-9-4-3-5-14(16,17)12(9)20/h6-7,9,12,20H,2-5H2,1H3,(H,18,19)/t9-,12+/m0/s1. The molecule has 1 aromatic heterocycles. The average Bonchev–Trinajstić information content (AvgIpc) is 2.44. The van der Waals surface area contributed by atoms with Gasteiger partial charge in [0.1, 0.15) is 16.8 Å². The van der Waals surface area contributed by atoms with Crippen LogP contribution < -0.4 is 5.32 Å². The third-order valence-electron chi connectivity index (χ3n) is 3.55. The second-order valence-electron chi connectivity index (χ2n) is 5.12. The van der Waals surface area contributed by atoms with Crippen molar-refractivity contribution in [3.63, 3.8) is 0 Å². The Labute approximate surface area is 131 Å². The minimum Gasteiger partial charge on any atom is -0.462 e. The van der Waals surface area contributed by atoms with E-state index in [2.05, 4.69) is 10.3 Å². The minimum absolute atomic E-state index is 0.0901. The third-order valence-corrected chi connectivity index (χ3v) is 3.75. The zero-order valence-corrected chi connectivity index (χ0v) is 12.7. The van der Waals surface area contributed by atoms with Gasteiger partial charge in [-0.1, -0.05) is 11.6 Å². The number of nitrogens with zero attached hydrogens (tertiary/aromatic N) is 1. The van der Waals surface area contributed by atoms with Crippen LogP contribution in [0.15, 0.2) is 12.3 Å². The molecule has 1 aliphatic carbocycles. The smallest absolute Gasteiger partial charge is 0.341 e. The highest BCUT2D eigenvalue weighted by Crippen LogP contribution is 2.35. The summed E-state index contributed by atoms with van der Waals surface area (Å²) in [6.45, 7) is 1.82. The van der Waals surface area contributed by atoms with E-state index < -0.39 is 24.0 Å². The number of halogens is 3. The van der Waals surface area contributed by atoms with E-state index in [0.717, 1.165) is 0 Å². The van der Waals surface area contributed by atoms with Gasteiger partial charge < -0.3 is 15.2 Å². The van der Waals surface area contributed by atoms with E-state index in [4.69, 9.17) is 16.3 Å². The van der Waals surface area contributed by atoms with Gasteiger partial charge in [-0.25, -0.2) is 18.6 Å². The molecule has 5 nitrogen and oxygen atoms in total. The maximum atomic E-state index is 13.6. The molecule has 0 spiro atoms. The predicted molar refractivity (Wildman–Crippen MR) is 77.4 cm³/mol. The fraction of sp³-hybridized carbons (Fsp3) is 0.571. The number of carbonyl (C=O) groups excluding carboxylic acids is 1. The number of aromatic nitrogens is 1. The molecule has 1 fully saturated rings. The lowest BCUT2D eigenvalue weighted by Gasteiger charge is -2.35. The molecule has 1 saturated carbocycles. The first-order valence-electron chi connectivity index (χ1n) is 7.00. The second-order valence-corrected chi connectivity index (χ2v) is 5.51. The minimum atomic E-state index is -3.16. The van der Waals surface area contributed by atoms with Crippen LogP contribution >= 0.6 is 11.6 Å². The van der Waals surface area contributed by atoms with Crippen LogP contribution in [0.4, 0.5) is 14.5 Å². The topological polar surface area (TPSA) is 71.5 Å². The molecule has 1 aromatic rings. The van der Waals surface area contributed by atoms with E-state index in [-0.39, 0.29) is 35.9 Å². The average molecular weight is 335 g/mol. The van der Waals surface area contributed by atoms with Gasteiger partial charge in [0.05, 0.1) is 18.3 Å². The molecule has 0 saturated heterocycles. The molecule has 22 heavy (non-hydrogen) atoms. The van der Waals surface area contributed by atoms with Gasteiger partial charge >= 0.3 is 5.97 Å². The van der Waals surface area contributed by atoms with Crippen molar-refractivity contribution in [1.29, 1.82) is 0 Å². The molecule has 122 valence electrons. The zero-order chi connectivity index (χ0) is 16.3. The van der Waals surface area contributed by atoms with Crippen LogP contribution in [0.3, 0.4) is 0 Å². The fourth-order valence-electron chi connectivity index (χ4n) is 2.43. The molecule has 1 aliphatic rings. The first-order chi connectivity index (χ1) is 10.3. The van der Waals surface area contributed by atoms with Crippen LogP contribution in [-0.2, 0) is 4.74 Å². The number of aliphatic hydroxyl groups excluding tert-OH is 1. The Morgan fingerprint density at radius 2 is 2.36 bits per heavy atom. The van der Waals surface area contributed by atoms with E-state index in [0.29, 0.717) is 6.42 Å². The number of carbonyl (C=O) groups is 1. The van der Waals surface area contributed by atoms with Gasteiger partial charge in [0, 0.05) is 12.6 Å². The first-order valence-corrected chi connectivity index (χ1v) is 7.38. The Bertz CT molecular complexity index is 557. The number of nitrogens with one attached hydrogen (secondary N) is 1. The molecule has 0 aliphatic heterocycles. The first kappa shape index (κ1) is 16.9. The number of esters is 1. The van der Waals surface area contributed by atoms with Gasteiger partial charge in [-0.15, -0.1) is 0 Å². The second kappa shape index (κ2) is 6.75. The van der Waals surface area contributed by atoms with Crippen LogP contribution in [0, 0.1) is 0 Å². The van der Waals surface area contributed by atoms with Crippen molar-refractivity contribution >= 4 is 23.3 Å². The van der Waals surface area contributed by atoms with Crippen LogP contribution in [0.2, 0.25) is 5.15 Å². The summed E-state index contributed by atoms with van der Waals surface area (Å²) in [7, 11) is 0. The Morgan fingerprint density at radius 3 is 3.05 bits per heavy atom. The summed E-state index contributed by atoms with van der Waals surface area (Å²) < 4.78 is 32.1. The molecular formula is C14H17ClF2N2O3. The van der Waals surface area contributed by atoms with Gasteiger partial charge in [-0.2, -0.15) is 0 Å². The maximum Gasteiger partial charge on any atom is 0.341 e. The monoisotopic (exact) mass is 334 g/mol. The van der Waals surface area contributed by atoms with Crippen LogP contribution in [0.5, 0.6) is 0 Å². The number of ether oxygens (including phenoxy) is 1. The van der Waals surface area contributed by atoms with Crippen molar-refractivity contribution < 1.29 is 23.4 Å². The molecule has 2 rings (SSSR count). The Hall–Kier alpha value is -1.47. The van der Waals surface area contributed by atoms with Gasteiger partial charge in [0.15, 0.2) is 0 Å². The normalized spacial score (nSPS) is 23.9. The van der Waals surface area contributed by atoms with Crippen molar-refractivity contribution in [2.45, 2.75) is 44.3 Å². The third kappa shape index (κ3) is 3.64. The molecule has 0 amide bonds. The van der Waals surface area contributed by atoms with E-state index in [1.54, 1.807) is 6.92 Å². The Kier molecular flexibility index (Phi) is 5.18. The molecule has 0 unspecified atom stereocenters. The molecule has 0 radical (unpaired) electrons. The molecule has 0 bridgehead atoms. The van der Waals surface area contributed by atoms with E-state index >= 15 is 0 Å². The lowest BCUT2D eigenvalue weighted by atomic mass is 9.89. The lowest BCUT2D eigenvalue weighted by Crippen LogP contribution is -2.49. The highest BCUT2D eigenvalue weighted by Gasteiger charge is 2.46. The number of hydrogen-bond donors (Lipinski definition) is 2. The van der Waals surface area contributed by atoms with Crippen molar-refractivity contribution in [3.05, 3.63) is 23.0 Å². The molecule has 2 N–H and O–H groups in total. The van der Waals surface area contributed by atoms with Crippen molar-refractivity contribution in [2.24, 2.45) is 0 Å². The summed E-state index contributed by atoms with van der Waals surface area (Å²) in [5, 5.41) is 12.7. The number of anilines is 1. The molecule has 0 aromatic carbocycles. The molecule has 1 heterocycles. The molecular weight excluding hydrogens is 318 g/mol. The largest absolute Gasteiger partial charge is 0.462 e. The van der Waals surface area contributed by atoms with Crippen molar-refractivity contribution in [3.8, 4) is 0 Å². The molecule has 8 heteroatoms. The maximum absolute atomic E-state index is 13.6. The quantitative estimate of drug-likeness (QED) is 0.654. The summed E-state index contributed by atoms with van der Waals surface area (Å²) in [6, 6.07) is 0.475. The Balaban J connectivity index is 2.24. The van der Waals surface area contributed by atoms with Gasteiger partial charge in [0.2, 0.25) is 0 Å². The summed E-state index contributed by atoms with van der Waals surface area (Å²) in [6.07, 6.45) is -0.332. The van der Waals surface area contributed by atoms with Crippen LogP contribution in [-0.4, -0.2) is 40.7 Å². The van der Waals surface area contributed by atoms with Gasteiger partial charge in [-0.3, -0.25) is 0 Å². The summed E-state index contributed by atoms with van der Waals surface area (Å²) in [5.41, 5.74) is 0.313. The van der Waals surface area contributed by atoms with Gasteiger partial charge in [0.25, 0.3) is 5.92 Å². The number of pyridine rings is 1. The van der Waals surface area contributed by atoms with Crippen molar-refractivity contribution in [2.75, 3.05) is 11.9 Å². The van der Waals surface area contributed by atoms with Crippen LogP contribution in [0.1, 0.15) is 36.5 Å². The summed E-state index contributed by atoms with van der Waals surface area (Å²) in [4.78, 5) is 15.7. The Morgan fingerprint density at radius 1 is 1.64 bits per heavy atom. The number of aliphatic hydroxyl groups is 1. The highest BCUT2D eigenvalue weighted by atomic mass is 35.5. The van der Waals surface area contributed by atoms with E-state index in [9.17, 15) is 18.7 Å². The SMILES string of the molecule is CCOC(=O)c1cnc(Cl)cc1N[C@H]1CCCC(F)(F)[C@@H]1O. The fourth-order valence-corrected chi connectivity index (χ4v) is 2.59. The van der Waals surface area contributed by atoms with E-state index in [1.807, 2.05) is 0 Å². The number of hydrogen-bond acceptors (Lipinski definition) is 5. The number of rotatable bonds is 4. The zero-order valence-electron chi connectivity index (χ0n) is 12.0. The molecule has 2 atom stereocenters.